The second-order valence-corrected chi connectivity index (χ2v) is 5.66. The van der Waals surface area contributed by atoms with Gasteiger partial charge in [0, 0.05) is 6.54 Å². The maximum atomic E-state index is 13.1. The molecule has 0 saturated carbocycles. The summed E-state index contributed by atoms with van der Waals surface area (Å²) in [6.45, 7) is 1.02. The molecule has 0 spiro atoms. The van der Waals surface area contributed by atoms with Crippen molar-refractivity contribution in [1.82, 2.24) is 5.32 Å². The van der Waals surface area contributed by atoms with Crippen molar-refractivity contribution >= 4 is 11.9 Å². The highest BCUT2D eigenvalue weighted by atomic mass is 19.1. The van der Waals surface area contributed by atoms with Crippen LogP contribution in [0.25, 0.3) is 0 Å². The van der Waals surface area contributed by atoms with Crippen molar-refractivity contribution in [3.63, 3.8) is 0 Å². The van der Waals surface area contributed by atoms with E-state index in [2.05, 4.69) is 5.32 Å². The summed E-state index contributed by atoms with van der Waals surface area (Å²) in [6, 6.07) is 10.7. The van der Waals surface area contributed by atoms with E-state index in [0.717, 1.165) is 11.6 Å². The summed E-state index contributed by atoms with van der Waals surface area (Å²) in [7, 11) is 0. The molecule has 1 heterocycles. The van der Waals surface area contributed by atoms with Crippen LogP contribution in [0.4, 0.5) is 4.39 Å². The Labute approximate surface area is 149 Å². The monoisotopic (exact) mass is 359 g/mol. The van der Waals surface area contributed by atoms with E-state index >= 15 is 0 Å². The average Bonchev–Trinajstić information content (AvgIpc) is 2.66. The van der Waals surface area contributed by atoms with Gasteiger partial charge < -0.3 is 19.5 Å². The van der Waals surface area contributed by atoms with Crippen LogP contribution in [0, 0.1) is 5.82 Å². The number of rotatable bonds is 6. The molecule has 0 saturated heterocycles. The molecule has 0 atom stereocenters. The van der Waals surface area contributed by atoms with Crippen molar-refractivity contribution in [2.45, 2.75) is 6.42 Å². The summed E-state index contributed by atoms with van der Waals surface area (Å²) in [6.07, 6.45) is 0.597. The number of benzene rings is 2. The molecule has 6 nitrogen and oxygen atoms in total. The third-order valence-corrected chi connectivity index (χ3v) is 3.74. The third kappa shape index (κ3) is 4.72. The van der Waals surface area contributed by atoms with Gasteiger partial charge in [0.15, 0.2) is 18.1 Å². The molecule has 26 heavy (non-hydrogen) atoms. The van der Waals surface area contributed by atoms with Crippen LogP contribution in [-0.2, 0) is 16.0 Å². The summed E-state index contributed by atoms with van der Waals surface area (Å²) in [5.74, 6) is -0.292. The normalized spacial score (nSPS) is 12.3. The summed E-state index contributed by atoms with van der Waals surface area (Å²) in [4.78, 5) is 23.5. The SMILES string of the molecule is O=C(COC(=O)c1cccc(F)c1)NCCc1ccc2c(c1)OCCO2. The zero-order chi connectivity index (χ0) is 18.4. The number of hydrogen-bond acceptors (Lipinski definition) is 5. The van der Waals surface area contributed by atoms with Crippen molar-refractivity contribution in [1.29, 1.82) is 0 Å². The van der Waals surface area contributed by atoms with Crippen molar-refractivity contribution in [2.24, 2.45) is 0 Å². The first kappa shape index (κ1) is 17.7. The van der Waals surface area contributed by atoms with E-state index in [1.165, 1.54) is 18.2 Å². The van der Waals surface area contributed by atoms with Gasteiger partial charge in [0.1, 0.15) is 19.0 Å². The fourth-order valence-corrected chi connectivity index (χ4v) is 2.47. The standard InChI is InChI=1S/C19H18FNO5/c20-15-3-1-2-14(11-15)19(23)26-12-18(22)21-7-6-13-4-5-16-17(10-13)25-9-8-24-16/h1-5,10-11H,6-9,12H2,(H,21,22). The van der Waals surface area contributed by atoms with Crippen LogP contribution in [0.15, 0.2) is 42.5 Å². The van der Waals surface area contributed by atoms with Crippen LogP contribution >= 0.6 is 0 Å². The minimum atomic E-state index is -0.744. The maximum absolute atomic E-state index is 13.1. The molecule has 0 unspecified atom stereocenters. The Balaban J connectivity index is 1.41. The topological polar surface area (TPSA) is 73.9 Å². The van der Waals surface area contributed by atoms with E-state index in [0.29, 0.717) is 37.7 Å². The van der Waals surface area contributed by atoms with E-state index < -0.39 is 24.3 Å². The second-order valence-electron chi connectivity index (χ2n) is 5.66. The van der Waals surface area contributed by atoms with Crippen molar-refractivity contribution in [3.8, 4) is 11.5 Å². The quantitative estimate of drug-likeness (QED) is 0.800. The Morgan fingerprint density at radius 1 is 1.08 bits per heavy atom. The highest BCUT2D eigenvalue weighted by Gasteiger charge is 2.13. The average molecular weight is 359 g/mol. The molecule has 3 rings (SSSR count). The lowest BCUT2D eigenvalue weighted by Gasteiger charge is -2.18. The fraction of sp³-hybridized carbons (Fsp3) is 0.263. The lowest BCUT2D eigenvalue weighted by molar-refractivity contribution is -0.124. The van der Waals surface area contributed by atoms with Crippen molar-refractivity contribution < 1.29 is 28.2 Å². The number of carbonyl (C=O) groups is 2. The molecule has 1 aliphatic heterocycles. The highest BCUT2D eigenvalue weighted by Crippen LogP contribution is 2.30. The molecule has 0 aliphatic carbocycles. The van der Waals surface area contributed by atoms with Gasteiger partial charge in [-0.3, -0.25) is 4.79 Å². The van der Waals surface area contributed by atoms with Gasteiger partial charge in [0.05, 0.1) is 5.56 Å². The van der Waals surface area contributed by atoms with E-state index in [9.17, 15) is 14.0 Å². The number of ether oxygens (including phenoxy) is 3. The molecule has 1 aliphatic rings. The van der Waals surface area contributed by atoms with Crippen LogP contribution in [0.1, 0.15) is 15.9 Å². The summed E-state index contributed by atoms with van der Waals surface area (Å²) < 4.78 is 28.9. The number of hydrogen-bond donors (Lipinski definition) is 1. The van der Waals surface area contributed by atoms with Crippen LogP contribution in [-0.4, -0.2) is 38.2 Å². The van der Waals surface area contributed by atoms with Gasteiger partial charge in [-0.05, 0) is 42.3 Å². The van der Waals surface area contributed by atoms with Crippen molar-refractivity contribution in [2.75, 3.05) is 26.4 Å². The smallest absolute Gasteiger partial charge is 0.338 e. The summed E-state index contributed by atoms with van der Waals surface area (Å²) in [5.41, 5.74) is 1.06. The Morgan fingerprint density at radius 2 is 1.88 bits per heavy atom. The first-order chi connectivity index (χ1) is 12.6. The number of amides is 1. The zero-order valence-corrected chi connectivity index (χ0v) is 14.0. The van der Waals surface area contributed by atoms with Gasteiger partial charge in [0.2, 0.25) is 0 Å². The lowest BCUT2D eigenvalue weighted by atomic mass is 10.1. The van der Waals surface area contributed by atoms with Crippen LogP contribution < -0.4 is 14.8 Å². The molecule has 1 amide bonds. The third-order valence-electron chi connectivity index (χ3n) is 3.74. The van der Waals surface area contributed by atoms with Gasteiger partial charge in [-0.2, -0.15) is 0 Å². The van der Waals surface area contributed by atoms with E-state index in [1.807, 2.05) is 18.2 Å². The van der Waals surface area contributed by atoms with Gasteiger partial charge in [-0.25, -0.2) is 9.18 Å². The molecular weight excluding hydrogens is 341 g/mol. The number of halogens is 1. The van der Waals surface area contributed by atoms with Gasteiger partial charge in [0.25, 0.3) is 5.91 Å². The highest BCUT2D eigenvalue weighted by molar-refractivity contribution is 5.91. The predicted octanol–water partition coefficient (Wildman–Crippen LogP) is 2.11. The predicted molar refractivity (Wildman–Crippen MR) is 90.8 cm³/mol. The van der Waals surface area contributed by atoms with Crippen LogP contribution in [0.2, 0.25) is 0 Å². The second kappa shape index (κ2) is 8.33. The Kier molecular flexibility index (Phi) is 5.68. The minimum absolute atomic E-state index is 0.0640. The molecule has 0 fully saturated rings. The first-order valence-corrected chi connectivity index (χ1v) is 8.20. The van der Waals surface area contributed by atoms with E-state index in [4.69, 9.17) is 14.2 Å². The van der Waals surface area contributed by atoms with Gasteiger partial charge in [-0.15, -0.1) is 0 Å². The van der Waals surface area contributed by atoms with Gasteiger partial charge >= 0.3 is 5.97 Å². The number of carbonyl (C=O) groups excluding carboxylic acids is 2. The van der Waals surface area contributed by atoms with Gasteiger partial charge in [-0.1, -0.05) is 12.1 Å². The minimum Gasteiger partial charge on any atom is -0.486 e. The van der Waals surface area contributed by atoms with Crippen LogP contribution in [0.3, 0.4) is 0 Å². The zero-order valence-electron chi connectivity index (χ0n) is 14.0. The number of nitrogens with one attached hydrogen (secondary N) is 1. The number of fused-ring (bicyclic) bond motifs is 1. The maximum Gasteiger partial charge on any atom is 0.338 e. The molecule has 0 aromatic heterocycles. The first-order valence-electron chi connectivity index (χ1n) is 8.20. The summed E-state index contributed by atoms with van der Waals surface area (Å²) in [5, 5.41) is 2.67. The molecule has 1 N–H and O–H groups in total. The molecule has 2 aromatic rings. The molecule has 136 valence electrons. The largest absolute Gasteiger partial charge is 0.486 e. The van der Waals surface area contributed by atoms with Crippen molar-refractivity contribution in [3.05, 3.63) is 59.4 Å². The van der Waals surface area contributed by atoms with Crippen LogP contribution in [0.5, 0.6) is 11.5 Å². The van der Waals surface area contributed by atoms with E-state index in [1.54, 1.807) is 0 Å². The Morgan fingerprint density at radius 3 is 2.69 bits per heavy atom. The molecular formula is C19H18FNO5. The number of esters is 1. The lowest BCUT2D eigenvalue weighted by Crippen LogP contribution is -2.30. The molecule has 2 aromatic carbocycles. The summed E-state index contributed by atoms with van der Waals surface area (Å²) >= 11 is 0. The Bertz CT molecular complexity index is 808. The fourth-order valence-electron chi connectivity index (χ4n) is 2.47. The molecule has 0 bridgehead atoms. The molecule has 7 heteroatoms. The molecule has 0 radical (unpaired) electrons. The van der Waals surface area contributed by atoms with E-state index in [-0.39, 0.29) is 5.56 Å². The Hall–Kier alpha value is -3.09.